The Morgan fingerprint density at radius 1 is 1.45 bits per heavy atom. The van der Waals surface area contributed by atoms with Gasteiger partial charge in [-0.05, 0) is 42.2 Å². The molecular formula is C16H24N2OS. The molecule has 1 amide bonds. The van der Waals surface area contributed by atoms with Gasteiger partial charge in [0.15, 0.2) is 0 Å². The van der Waals surface area contributed by atoms with E-state index in [2.05, 4.69) is 28.6 Å². The number of rotatable bonds is 3. The van der Waals surface area contributed by atoms with E-state index in [9.17, 15) is 4.79 Å². The number of hydrogen-bond acceptors (Lipinski definition) is 3. The molecule has 2 heterocycles. The van der Waals surface area contributed by atoms with E-state index in [4.69, 9.17) is 0 Å². The lowest BCUT2D eigenvalue weighted by atomic mass is 9.86. The summed E-state index contributed by atoms with van der Waals surface area (Å²) in [6, 6.07) is 2.60. The number of thiophene rings is 1. The van der Waals surface area contributed by atoms with Gasteiger partial charge in [0.25, 0.3) is 0 Å². The van der Waals surface area contributed by atoms with Crippen molar-refractivity contribution >= 4 is 17.2 Å². The first-order valence-corrected chi connectivity index (χ1v) is 8.67. The molecule has 0 spiro atoms. The molecule has 0 aromatic carbocycles. The molecule has 2 unspecified atom stereocenters. The van der Waals surface area contributed by atoms with E-state index < -0.39 is 0 Å². The Balaban J connectivity index is 1.50. The van der Waals surface area contributed by atoms with Crippen LogP contribution in [-0.4, -0.2) is 29.9 Å². The van der Waals surface area contributed by atoms with Crippen LogP contribution in [0.4, 0.5) is 0 Å². The minimum atomic E-state index is 0.211. The fourth-order valence-corrected chi connectivity index (χ4v) is 4.32. The lowest BCUT2D eigenvalue weighted by molar-refractivity contribution is -0.123. The van der Waals surface area contributed by atoms with Crippen molar-refractivity contribution in [2.45, 2.75) is 51.6 Å². The highest BCUT2D eigenvalue weighted by Gasteiger charge is 2.24. The van der Waals surface area contributed by atoms with E-state index in [1.807, 2.05) is 11.3 Å². The first-order valence-electron chi connectivity index (χ1n) is 7.79. The molecule has 1 aliphatic heterocycles. The highest BCUT2D eigenvalue weighted by molar-refractivity contribution is 7.10. The number of carbonyl (C=O) groups excluding carboxylic acids is 1. The van der Waals surface area contributed by atoms with Crippen LogP contribution in [0.2, 0.25) is 0 Å². The zero-order valence-corrected chi connectivity index (χ0v) is 13.0. The summed E-state index contributed by atoms with van der Waals surface area (Å²) in [7, 11) is 0. The summed E-state index contributed by atoms with van der Waals surface area (Å²) in [4.78, 5) is 16.0. The lowest BCUT2D eigenvalue weighted by Gasteiger charge is -2.31. The smallest absolute Gasteiger partial charge is 0.234 e. The molecule has 1 aliphatic carbocycles. The molecule has 1 saturated carbocycles. The normalized spacial score (nSPS) is 27.1. The summed E-state index contributed by atoms with van der Waals surface area (Å²) in [5, 5.41) is 5.42. The van der Waals surface area contributed by atoms with Crippen LogP contribution in [0.25, 0.3) is 0 Å². The number of nitrogens with one attached hydrogen (secondary N) is 1. The fourth-order valence-electron chi connectivity index (χ4n) is 3.43. The van der Waals surface area contributed by atoms with Gasteiger partial charge in [0, 0.05) is 24.0 Å². The Bertz CT molecular complexity index is 471. The third kappa shape index (κ3) is 3.23. The first-order chi connectivity index (χ1) is 9.72. The van der Waals surface area contributed by atoms with Gasteiger partial charge in [-0.3, -0.25) is 9.69 Å². The Morgan fingerprint density at radius 3 is 3.15 bits per heavy atom. The second kappa shape index (κ2) is 6.27. The summed E-state index contributed by atoms with van der Waals surface area (Å²) in [5.74, 6) is 0.847. The van der Waals surface area contributed by atoms with Crippen molar-refractivity contribution < 1.29 is 4.79 Å². The van der Waals surface area contributed by atoms with Gasteiger partial charge >= 0.3 is 0 Å². The molecule has 2 atom stereocenters. The molecule has 1 N–H and O–H groups in total. The van der Waals surface area contributed by atoms with Crippen molar-refractivity contribution in [2.75, 3.05) is 13.1 Å². The summed E-state index contributed by atoms with van der Waals surface area (Å²) < 4.78 is 0. The van der Waals surface area contributed by atoms with Crippen molar-refractivity contribution in [2.24, 2.45) is 5.92 Å². The number of carbonyl (C=O) groups is 1. The minimum Gasteiger partial charge on any atom is -0.352 e. The number of fused-ring (bicyclic) bond motifs is 1. The highest BCUT2D eigenvalue weighted by Crippen LogP contribution is 2.25. The second-order valence-electron chi connectivity index (χ2n) is 6.27. The molecule has 2 aliphatic rings. The van der Waals surface area contributed by atoms with Crippen molar-refractivity contribution in [1.29, 1.82) is 0 Å². The van der Waals surface area contributed by atoms with Crippen LogP contribution >= 0.6 is 11.3 Å². The van der Waals surface area contributed by atoms with E-state index in [0.29, 0.717) is 18.5 Å². The largest absolute Gasteiger partial charge is 0.352 e. The van der Waals surface area contributed by atoms with Crippen LogP contribution in [0.3, 0.4) is 0 Å². The number of hydrogen-bond donors (Lipinski definition) is 1. The van der Waals surface area contributed by atoms with Gasteiger partial charge in [0.2, 0.25) is 5.91 Å². The van der Waals surface area contributed by atoms with Gasteiger partial charge < -0.3 is 5.32 Å². The van der Waals surface area contributed by atoms with Gasteiger partial charge in [-0.15, -0.1) is 11.3 Å². The Kier molecular flexibility index (Phi) is 4.41. The van der Waals surface area contributed by atoms with E-state index in [1.54, 1.807) is 0 Å². The van der Waals surface area contributed by atoms with E-state index >= 15 is 0 Å². The molecule has 0 radical (unpaired) electrons. The van der Waals surface area contributed by atoms with E-state index in [-0.39, 0.29) is 5.91 Å². The zero-order chi connectivity index (χ0) is 13.9. The average Bonchev–Trinajstić information content (AvgIpc) is 2.89. The topological polar surface area (TPSA) is 32.3 Å². The Hall–Kier alpha value is -0.870. The van der Waals surface area contributed by atoms with Crippen LogP contribution in [0, 0.1) is 5.92 Å². The third-order valence-electron chi connectivity index (χ3n) is 4.71. The Morgan fingerprint density at radius 2 is 2.30 bits per heavy atom. The quantitative estimate of drug-likeness (QED) is 0.929. The van der Waals surface area contributed by atoms with Crippen LogP contribution in [0.1, 0.15) is 43.0 Å². The summed E-state index contributed by atoms with van der Waals surface area (Å²) in [6.45, 7) is 4.77. The molecule has 20 heavy (non-hydrogen) atoms. The predicted molar refractivity (Wildman–Crippen MR) is 82.9 cm³/mol. The van der Waals surface area contributed by atoms with Crippen molar-refractivity contribution in [3.63, 3.8) is 0 Å². The summed E-state index contributed by atoms with van der Waals surface area (Å²) in [5.41, 5.74) is 1.42. The standard InChI is InChI=1S/C16H24N2OS/c1-12-4-2-3-5-14(12)17-16(19)11-18-8-6-15-13(10-18)7-9-20-15/h7,9,12,14H,2-6,8,10-11H2,1H3,(H,17,19). The summed E-state index contributed by atoms with van der Waals surface area (Å²) >= 11 is 1.85. The van der Waals surface area contributed by atoms with Crippen molar-refractivity contribution in [3.05, 3.63) is 21.9 Å². The second-order valence-corrected chi connectivity index (χ2v) is 7.27. The van der Waals surface area contributed by atoms with Crippen LogP contribution in [-0.2, 0) is 17.8 Å². The monoisotopic (exact) mass is 292 g/mol. The Labute approximate surface area is 125 Å². The van der Waals surface area contributed by atoms with Crippen molar-refractivity contribution in [1.82, 2.24) is 10.2 Å². The fraction of sp³-hybridized carbons (Fsp3) is 0.688. The highest BCUT2D eigenvalue weighted by atomic mass is 32.1. The summed E-state index contributed by atoms with van der Waals surface area (Å²) in [6.07, 6.45) is 6.09. The average molecular weight is 292 g/mol. The maximum absolute atomic E-state index is 12.2. The third-order valence-corrected chi connectivity index (χ3v) is 5.73. The van der Waals surface area contributed by atoms with Gasteiger partial charge in [0.1, 0.15) is 0 Å². The van der Waals surface area contributed by atoms with Crippen LogP contribution in [0.5, 0.6) is 0 Å². The van der Waals surface area contributed by atoms with Gasteiger partial charge in [-0.1, -0.05) is 19.8 Å². The van der Waals surface area contributed by atoms with Gasteiger partial charge in [-0.25, -0.2) is 0 Å². The molecule has 0 saturated heterocycles. The molecular weight excluding hydrogens is 268 g/mol. The van der Waals surface area contributed by atoms with Crippen LogP contribution in [0.15, 0.2) is 11.4 Å². The molecule has 4 heteroatoms. The first kappa shape index (κ1) is 14.1. The van der Waals surface area contributed by atoms with Gasteiger partial charge in [-0.2, -0.15) is 0 Å². The SMILES string of the molecule is CC1CCCCC1NC(=O)CN1CCc2sccc2C1. The number of nitrogens with zero attached hydrogens (tertiary/aromatic N) is 1. The molecule has 1 aromatic heterocycles. The minimum absolute atomic E-state index is 0.211. The molecule has 110 valence electrons. The van der Waals surface area contributed by atoms with E-state index in [1.165, 1.54) is 29.7 Å². The molecule has 0 bridgehead atoms. The molecule has 3 rings (SSSR count). The lowest BCUT2D eigenvalue weighted by Crippen LogP contribution is -2.46. The number of amides is 1. The van der Waals surface area contributed by atoms with Crippen molar-refractivity contribution in [3.8, 4) is 0 Å². The maximum atomic E-state index is 12.2. The maximum Gasteiger partial charge on any atom is 0.234 e. The molecule has 3 nitrogen and oxygen atoms in total. The van der Waals surface area contributed by atoms with Gasteiger partial charge in [0.05, 0.1) is 6.54 Å². The van der Waals surface area contributed by atoms with Crippen LogP contribution < -0.4 is 5.32 Å². The predicted octanol–water partition coefficient (Wildman–Crippen LogP) is 2.80. The molecule has 1 fully saturated rings. The molecule has 1 aromatic rings. The zero-order valence-electron chi connectivity index (χ0n) is 12.2. The van der Waals surface area contributed by atoms with E-state index in [0.717, 1.165) is 25.9 Å².